The van der Waals surface area contributed by atoms with E-state index in [2.05, 4.69) is 20.5 Å². The van der Waals surface area contributed by atoms with Gasteiger partial charge in [0.25, 0.3) is 0 Å². The lowest BCUT2D eigenvalue weighted by Crippen LogP contribution is -1.99. The molecule has 0 aliphatic rings. The number of nitrogens with zero attached hydrogens (tertiary/aromatic N) is 3. The largest absolute Gasteiger partial charge is 0.422 e. The zero-order chi connectivity index (χ0) is 13.1. The first-order valence-electron chi connectivity index (χ1n) is 5.89. The summed E-state index contributed by atoms with van der Waals surface area (Å²) < 4.78 is 5.51. The van der Waals surface area contributed by atoms with Crippen LogP contribution < -0.4 is 5.43 Å². The van der Waals surface area contributed by atoms with Crippen molar-refractivity contribution in [3.8, 4) is 0 Å². The summed E-state index contributed by atoms with van der Waals surface area (Å²) in [6.07, 6.45) is 3.48. The Morgan fingerprint density at radius 1 is 1.21 bits per heavy atom. The highest BCUT2D eigenvalue weighted by Gasteiger charge is 2.03. The first-order valence-corrected chi connectivity index (χ1v) is 5.89. The zero-order valence-corrected chi connectivity index (χ0v) is 10.4. The third-order valence-corrected chi connectivity index (χ3v) is 2.69. The lowest BCUT2D eigenvalue weighted by Gasteiger charge is -1.99. The maximum atomic E-state index is 5.51. The van der Waals surface area contributed by atoms with Crippen LogP contribution in [0.1, 0.15) is 12.5 Å². The molecule has 0 fully saturated rings. The van der Waals surface area contributed by atoms with E-state index in [1.54, 1.807) is 12.4 Å². The number of benzene rings is 1. The van der Waals surface area contributed by atoms with Crippen molar-refractivity contribution in [2.45, 2.75) is 6.92 Å². The maximum Gasteiger partial charge on any atom is 0.316 e. The molecule has 0 saturated carbocycles. The maximum absolute atomic E-state index is 5.51. The summed E-state index contributed by atoms with van der Waals surface area (Å²) in [6.45, 7) is 1.90. The van der Waals surface area contributed by atoms with Crippen LogP contribution in [0.15, 0.2) is 58.3 Å². The van der Waals surface area contributed by atoms with Gasteiger partial charge in [0.05, 0.1) is 5.71 Å². The lowest BCUT2D eigenvalue weighted by atomic mass is 10.2. The number of fused-ring (bicyclic) bond motifs is 1. The third kappa shape index (κ3) is 2.44. The fraction of sp³-hybridized carbons (Fsp3) is 0.0714. The van der Waals surface area contributed by atoms with Crippen LogP contribution in [0.25, 0.3) is 11.1 Å². The van der Waals surface area contributed by atoms with E-state index in [0.717, 1.165) is 22.4 Å². The van der Waals surface area contributed by atoms with E-state index in [1.165, 1.54) is 0 Å². The summed E-state index contributed by atoms with van der Waals surface area (Å²) in [5.41, 5.74) is 6.12. The van der Waals surface area contributed by atoms with Gasteiger partial charge in [-0.25, -0.2) is 5.43 Å². The molecule has 1 aromatic carbocycles. The van der Waals surface area contributed by atoms with Gasteiger partial charge in [0.15, 0.2) is 5.58 Å². The Hall–Kier alpha value is -2.69. The number of anilines is 1. The van der Waals surface area contributed by atoms with E-state index >= 15 is 0 Å². The normalized spacial score (nSPS) is 11.7. The summed E-state index contributed by atoms with van der Waals surface area (Å²) in [6, 6.07) is 11.8. The molecule has 0 atom stereocenters. The van der Waals surface area contributed by atoms with Gasteiger partial charge < -0.3 is 4.42 Å². The van der Waals surface area contributed by atoms with Crippen LogP contribution in [-0.2, 0) is 0 Å². The van der Waals surface area contributed by atoms with Crippen LogP contribution in [0.3, 0.4) is 0 Å². The van der Waals surface area contributed by atoms with Gasteiger partial charge in [-0.3, -0.25) is 4.98 Å². The molecule has 0 bridgehead atoms. The molecule has 2 aromatic heterocycles. The smallest absolute Gasteiger partial charge is 0.316 e. The van der Waals surface area contributed by atoms with E-state index in [1.807, 2.05) is 43.3 Å². The minimum absolute atomic E-state index is 0.379. The number of aromatic nitrogens is 2. The van der Waals surface area contributed by atoms with Gasteiger partial charge in [0, 0.05) is 18.0 Å². The Labute approximate surface area is 110 Å². The van der Waals surface area contributed by atoms with Crippen molar-refractivity contribution in [3.05, 3.63) is 54.4 Å². The fourth-order valence-corrected chi connectivity index (χ4v) is 1.69. The van der Waals surface area contributed by atoms with E-state index in [-0.39, 0.29) is 0 Å². The number of nitrogens with one attached hydrogen (secondary N) is 1. The van der Waals surface area contributed by atoms with Crippen molar-refractivity contribution in [1.29, 1.82) is 0 Å². The highest BCUT2D eigenvalue weighted by molar-refractivity contribution is 5.98. The molecule has 0 aliphatic carbocycles. The quantitative estimate of drug-likeness (QED) is 0.574. The van der Waals surface area contributed by atoms with Gasteiger partial charge in [-0.15, -0.1) is 0 Å². The molecule has 5 nitrogen and oxygen atoms in total. The monoisotopic (exact) mass is 252 g/mol. The van der Waals surface area contributed by atoms with Crippen LogP contribution in [0.4, 0.5) is 6.01 Å². The molecule has 0 amide bonds. The molecule has 3 aromatic rings. The first kappa shape index (κ1) is 11.4. The number of hydrogen-bond donors (Lipinski definition) is 1. The first-order chi connectivity index (χ1) is 9.33. The van der Waals surface area contributed by atoms with Crippen molar-refractivity contribution < 1.29 is 4.42 Å². The number of oxazole rings is 1. The van der Waals surface area contributed by atoms with Crippen LogP contribution in [0.5, 0.6) is 0 Å². The minimum atomic E-state index is 0.379. The number of rotatable bonds is 3. The third-order valence-electron chi connectivity index (χ3n) is 2.69. The predicted molar refractivity (Wildman–Crippen MR) is 74.1 cm³/mol. The van der Waals surface area contributed by atoms with Crippen molar-refractivity contribution in [2.24, 2.45) is 5.10 Å². The van der Waals surface area contributed by atoms with Crippen molar-refractivity contribution >= 4 is 22.8 Å². The Morgan fingerprint density at radius 3 is 2.89 bits per heavy atom. The molecule has 0 radical (unpaired) electrons. The molecule has 5 heteroatoms. The lowest BCUT2D eigenvalue weighted by molar-refractivity contribution is 0.617. The van der Waals surface area contributed by atoms with E-state index in [0.29, 0.717) is 6.01 Å². The molecule has 1 N–H and O–H groups in total. The molecule has 0 saturated heterocycles. The van der Waals surface area contributed by atoms with Crippen molar-refractivity contribution in [3.63, 3.8) is 0 Å². The Bertz CT molecular complexity index is 685. The van der Waals surface area contributed by atoms with E-state index in [4.69, 9.17) is 4.42 Å². The summed E-state index contributed by atoms with van der Waals surface area (Å²) in [5, 5.41) is 4.23. The molecule has 0 unspecified atom stereocenters. The summed E-state index contributed by atoms with van der Waals surface area (Å²) in [5.74, 6) is 0. The van der Waals surface area contributed by atoms with Crippen LogP contribution in [0.2, 0.25) is 0 Å². The van der Waals surface area contributed by atoms with Crippen LogP contribution in [-0.4, -0.2) is 15.7 Å². The molecule has 0 aliphatic heterocycles. The number of para-hydroxylation sites is 2. The summed E-state index contributed by atoms with van der Waals surface area (Å²) in [4.78, 5) is 8.33. The van der Waals surface area contributed by atoms with Crippen LogP contribution >= 0.6 is 0 Å². The highest BCUT2D eigenvalue weighted by atomic mass is 16.4. The highest BCUT2D eigenvalue weighted by Crippen LogP contribution is 2.17. The van der Waals surface area contributed by atoms with E-state index in [9.17, 15) is 0 Å². The molecule has 94 valence electrons. The number of hydrogen-bond acceptors (Lipinski definition) is 5. The Balaban J connectivity index is 1.82. The minimum Gasteiger partial charge on any atom is -0.422 e. The van der Waals surface area contributed by atoms with Gasteiger partial charge in [-0.05, 0) is 25.1 Å². The average Bonchev–Trinajstić information content (AvgIpc) is 2.88. The van der Waals surface area contributed by atoms with Gasteiger partial charge in [0.2, 0.25) is 0 Å². The van der Waals surface area contributed by atoms with E-state index < -0.39 is 0 Å². The zero-order valence-electron chi connectivity index (χ0n) is 10.4. The standard InChI is InChI=1S/C14H12N4O/c1-10(11-5-4-8-15-9-11)17-18-14-16-12-6-2-3-7-13(12)19-14/h2-9H,1H3,(H,16,18)/b17-10+. The SMILES string of the molecule is C/C(=N\Nc1nc2ccccc2o1)c1cccnc1. The van der Waals surface area contributed by atoms with Gasteiger partial charge in [-0.2, -0.15) is 10.1 Å². The Kier molecular flexibility index (Phi) is 2.94. The second-order valence-electron chi connectivity index (χ2n) is 4.04. The predicted octanol–water partition coefficient (Wildman–Crippen LogP) is 3.06. The molecular weight excluding hydrogens is 240 g/mol. The Morgan fingerprint density at radius 2 is 2.11 bits per heavy atom. The molecule has 0 spiro atoms. The van der Waals surface area contributed by atoms with Crippen molar-refractivity contribution in [1.82, 2.24) is 9.97 Å². The molecule has 2 heterocycles. The van der Waals surface area contributed by atoms with Crippen molar-refractivity contribution in [2.75, 3.05) is 5.43 Å². The molecular formula is C14H12N4O. The topological polar surface area (TPSA) is 63.3 Å². The van der Waals surface area contributed by atoms with Gasteiger partial charge in [0.1, 0.15) is 5.52 Å². The molecule has 3 rings (SSSR count). The average molecular weight is 252 g/mol. The summed E-state index contributed by atoms with van der Waals surface area (Å²) >= 11 is 0. The molecule has 19 heavy (non-hydrogen) atoms. The fourth-order valence-electron chi connectivity index (χ4n) is 1.69. The second-order valence-corrected chi connectivity index (χ2v) is 4.04. The van der Waals surface area contributed by atoms with Gasteiger partial charge >= 0.3 is 6.01 Å². The van der Waals surface area contributed by atoms with Gasteiger partial charge in [-0.1, -0.05) is 18.2 Å². The van der Waals surface area contributed by atoms with Crippen LogP contribution in [0, 0.1) is 0 Å². The number of pyridine rings is 1. The second kappa shape index (κ2) is 4.89. The number of hydrazone groups is 1. The summed E-state index contributed by atoms with van der Waals surface area (Å²) in [7, 11) is 0.